The molecule has 114 valence electrons. The summed E-state index contributed by atoms with van der Waals surface area (Å²) in [6.07, 6.45) is 1.07. The van der Waals surface area contributed by atoms with Crippen LogP contribution in [0.25, 0.3) is 0 Å². The maximum Gasteiger partial charge on any atom is 0.274 e. The summed E-state index contributed by atoms with van der Waals surface area (Å²) in [5.74, 6) is -0.558. The molecule has 0 aliphatic carbocycles. The van der Waals surface area contributed by atoms with Crippen molar-refractivity contribution in [2.24, 2.45) is 0 Å². The van der Waals surface area contributed by atoms with Crippen molar-refractivity contribution in [2.75, 3.05) is 24.1 Å². The molecule has 0 unspecified atom stereocenters. The van der Waals surface area contributed by atoms with Gasteiger partial charge in [0.25, 0.3) is 5.91 Å². The molecule has 1 N–H and O–H groups in total. The Labute approximate surface area is 134 Å². The third-order valence-electron chi connectivity index (χ3n) is 3.03. The van der Waals surface area contributed by atoms with Gasteiger partial charge in [0.05, 0.1) is 5.69 Å². The van der Waals surface area contributed by atoms with E-state index in [4.69, 9.17) is 0 Å². The molecule has 0 spiro atoms. The molecule has 0 saturated heterocycles. The molecule has 0 radical (unpaired) electrons. The zero-order valence-corrected chi connectivity index (χ0v) is 13.4. The normalized spacial score (nSPS) is 10.1. The summed E-state index contributed by atoms with van der Waals surface area (Å²) in [6, 6.07) is 15.3. The van der Waals surface area contributed by atoms with Gasteiger partial charge in [-0.05, 0) is 48.5 Å². The maximum absolute atomic E-state index is 11.4. The molecule has 0 atom stereocenters. The van der Waals surface area contributed by atoms with Crippen LogP contribution in [0.3, 0.4) is 0 Å². The van der Waals surface area contributed by atoms with Crippen molar-refractivity contribution in [1.82, 2.24) is 0 Å². The largest absolute Gasteiger partial charge is 0.378 e. The number of benzene rings is 2. The van der Waals surface area contributed by atoms with Crippen molar-refractivity contribution >= 4 is 29.0 Å². The lowest BCUT2D eigenvalue weighted by Crippen LogP contribution is -2.24. The Kier molecular flexibility index (Phi) is 5.25. The number of carbonyl (C=O) groups is 1. The van der Waals surface area contributed by atoms with Gasteiger partial charge in [0, 0.05) is 29.6 Å². The van der Waals surface area contributed by atoms with Crippen LogP contribution in [0.15, 0.2) is 71.0 Å². The van der Waals surface area contributed by atoms with Crippen molar-refractivity contribution in [3.05, 3.63) is 61.2 Å². The summed E-state index contributed by atoms with van der Waals surface area (Å²) in [5, 5.41) is 10.4. The maximum atomic E-state index is 11.4. The van der Waals surface area contributed by atoms with E-state index in [1.54, 1.807) is 30.0 Å². The van der Waals surface area contributed by atoms with Crippen LogP contribution in [0.4, 0.5) is 11.4 Å². The molecule has 2 aromatic carbocycles. The third kappa shape index (κ3) is 3.90. The van der Waals surface area contributed by atoms with E-state index >= 15 is 0 Å². The Bertz CT molecular complexity index is 669. The molecular formula is C17H18N2O2S. The molecule has 2 aromatic rings. The lowest BCUT2D eigenvalue weighted by molar-refractivity contribution is -0.118. The standard InChI is InChI=1S/C17H18N2O2S/c1-4-17(20)19(21)14-6-5-7-16(12-14)22-15-10-8-13(9-11-15)18(2)3/h4-12,21H,1H2,2-3H3. The van der Waals surface area contributed by atoms with Gasteiger partial charge in [0.1, 0.15) is 0 Å². The van der Waals surface area contributed by atoms with Crippen molar-refractivity contribution in [3.63, 3.8) is 0 Å². The van der Waals surface area contributed by atoms with E-state index in [0.29, 0.717) is 10.8 Å². The number of rotatable bonds is 5. The number of hydrogen-bond acceptors (Lipinski definition) is 4. The van der Waals surface area contributed by atoms with Crippen LogP contribution in [0.1, 0.15) is 0 Å². The topological polar surface area (TPSA) is 43.8 Å². The minimum atomic E-state index is -0.558. The molecule has 0 bridgehead atoms. The second kappa shape index (κ2) is 7.15. The minimum Gasteiger partial charge on any atom is -0.378 e. The van der Waals surface area contributed by atoms with Gasteiger partial charge < -0.3 is 4.90 Å². The molecule has 2 rings (SSSR count). The highest BCUT2D eigenvalue weighted by atomic mass is 32.2. The Morgan fingerprint density at radius 1 is 1.09 bits per heavy atom. The van der Waals surface area contributed by atoms with Crippen molar-refractivity contribution in [1.29, 1.82) is 0 Å². The summed E-state index contributed by atoms with van der Waals surface area (Å²) >= 11 is 1.57. The number of nitrogens with zero attached hydrogens (tertiary/aromatic N) is 2. The van der Waals surface area contributed by atoms with E-state index in [1.807, 2.05) is 49.3 Å². The second-order valence-electron chi connectivity index (χ2n) is 4.84. The molecule has 0 aromatic heterocycles. The predicted octanol–water partition coefficient (Wildman–Crippen LogP) is 3.81. The van der Waals surface area contributed by atoms with E-state index < -0.39 is 5.91 Å². The number of amides is 1. The van der Waals surface area contributed by atoms with Crippen LogP contribution in [0.5, 0.6) is 0 Å². The Hall–Kier alpha value is -2.24. The fourth-order valence-electron chi connectivity index (χ4n) is 1.84. The van der Waals surface area contributed by atoms with E-state index in [0.717, 1.165) is 21.6 Å². The van der Waals surface area contributed by atoms with Gasteiger partial charge in [0.2, 0.25) is 0 Å². The predicted molar refractivity (Wildman–Crippen MR) is 90.8 cm³/mol. The van der Waals surface area contributed by atoms with Gasteiger partial charge in [-0.25, -0.2) is 0 Å². The van der Waals surface area contributed by atoms with Gasteiger partial charge in [-0.3, -0.25) is 10.0 Å². The molecule has 0 fully saturated rings. The molecule has 0 heterocycles. The average Bonchev–Trinajstić information content (AvgIpc) is 2.54. The third-order valence-corrected chi connectivity index (χ3v) is 4.03. The molecule has 5 heteroatoms. The van der Waals surface area contributed by atoms with Gasteiger partial charge in [-0.15, -0.1) is 0 Å². The van der Waals surface area contributed by atoms with Crippen LogP contribution >= 0.6 is 11.8 Å². The van der Waals surface area contributed by atoms with Gasteiger partial charge in [-0.1, -0.05) is 24.4 Å². The van der Waals surface area contributed by atoms with E-state index in [2.05, 4.69) is 6.58 Å². The molecule has 0 aliphatic heterocycles. The summed E-state index contributed by atoms with van der Waals surface area (Å²) in [4.78, 5) is 15.5. The first-order valence-electron chi connectivity index (χ1n) is 6.72. The molecule has 1 amide bonds. The first-order valence-corrected chi connectivity index (χ1v) is 7.53. The van der Waals surface area contributed by atoms with E-state index in [9.17, 15) is 10.0 Å². The summed E-state index contributed by atoms with van der Waals surface area (Å²) in [7, 11) is 4.00. The molecular weight excluding hydrogens is 296 g/mol. The van der Waals surface area contributed by atoms with Gasteiger partial charge in [0.15, 0.2) is 0 Å². The highest BCUT2D eigenvalue weighted by Gasteiger charge is 2.10. The lowest BCUT2D eigenvalue weighted by Gasteiger charge is -2.14. The SMILES string of the molecule is C=CC(=O)N(O)c1cccc(Sc2ccc(N(C)C)cc2)c1. The average molecular weight is 314 g/mol. The first-order chi connectivity index (χ1) is 10.5. The van der Waals surface area contributed by atoms with Crippen LogP contribution in [0.2, 0.25) is 0 Å². The first kappa shape index (κ1) is 16.1. The van der Waals surface area contributed by atoms with Crippen LogP contribution in [0, 0.1) is 0 Å². The summed E-state index contributed by atoms with van der Waals surface area (Å²) in [6.45, 7) is 3.36. The highest BCUT2D eigenvalue weighted by molar-refractivity contribution is 7.99. The fourth-order valence-corrected chi connectivity index (χ4v) is 2.71. The number of hydrogen-bond donors (Lipinski definition) is 1. The van der Waals surface area contributed by atoms with Crippen LogP contribution < -0.4 is 9.96 Å². The number of anilines is 2. The zero-order chi connectivity index (χ0) is 16.1. The number of carbonyl (C=O) groups excluding carboxylic acids is 1. The van der Waals surface area contributed by atoms with Crippen LogP contribution in [-0.2, 0) is 4.79 Å². The van der Waals surface area contributed by atoms with E-state index in [-0.39, 0.29) is 0 Å². The fraction of sp³-hybridized carbons (Fsp3) is 0.118. The minimum absolute atomic E-state index is 0.416. The second-order valence-corrected chi connectivity index (χ2v) is 5.99. The van der Waals surface area contributed by atoms with Crippen molar-refractivity contribution < 1.29 is 10.0 Å². The zero-order valence-electron chi connectivity index (χ0n) is 12.6. The van der Waals surface area contributed by atoms with E-state index in [1.165, 1.54) is 0 Å². The number of hydroxylamine groups is 1. The molecule has 0 aliphatic rings. The Morgan fingerprint density at radius 2 is 1.77 bits per heavy atom. The van der Waals surface area contributed by atoms with Gasteiger partial charge >= 0.3 is 0 Å². The summed E-state index contributed by atoms with van der Waals surface area (Å²) in [5.41, 5.74) is 1.55. The highest BCUT2D eigenvalue weighted by Crippen LogP contribution is 2.31. The lowest BCUT2D eigenvalue weighted by atomic mass is 10.3. The summed E-state index contributed by atoms with van der Waals surface area (Å²) < 4.78 is 0. The molecule has 0 saturated carbocycles. The van der Waals surface area contributed by atoms with Crippen molar-refractivity contribution in [2.45, 2.75) is 9.79 Å². The Balaban J connectivity index is 2.16. The molecule has 4 nitrogen and oxygen atoms in total. The monoisotopic (exact) mass is 314 g/mol. The quantitative estimate of drug-likeness (QED) is 0.518. The molecule has 22 heavy (non-hydrogen) atoms. The van der Waals surface area contributed by atoms with Crippen molar-refractivity contribution in [3.8, 4) is 0 Å². The Morgan fingerprint density at radius 3 is 2.36 bits per heavy atom. The van der Waals surface area contributed by atoms with Crippen LogP contribution in [-0.4, -0.2) is 25.2 Å². The smallest absolute Gasteiger partial charge is 0.274 e. The van der Waals surface area contributed by atoms with Gasteiger partial charge in [-0.2, -0.15) is 5.06 Å².